The van der Waals surface area contributed by atoms with Crippen LogP contribution in [-0.4, -0.2) is 62.5 Å². The highest BCUT2D eigenvalue weighted by Crippen LogP contribution is 2.39. The number of methoxy groups -OCH3 is 1. The molecule has 2 aliphatic heterocycles. The van der Waals surface area contributed by atoms with E-state index in [1.807, 2.05) is 42.2 Å². The lowest BCUT2D eigenvalue weighted by Crippen LogP contribution is -2.46. The van der Waals surface area contributed by atoms with Crippen molar-refractivity contribution in [1.82, 2.24) is 10.2 Å². The first-order valence-electron chi connectivity index (χ1n) is 14.0. The van der Waals surface area contributed by atoms with Crippen LogP contribution in [0.3, 0.4) is 0 Å². The van der Waals surface area contributed by atoms with Crippen LogP contribution in [0.4, 0.5) is 11.4 Å². The molecule has 1 fully saturated rings. The number of benzene rings is 3. The number of piperazine rings is 1. The summed E-state index contributed by atoms with van der Waals surface area (Å²) in [4.78, 5) is 43.7. The molecule has 3 amide bonds. The van der Waals surface area contributed by atoms with Crippen LogP contribution in [-0.2, 0) is 4.79 Å². The maximum absolute atomic E-state index is 14.0. The van der Waals surface area contributed by atoms with Gasteiger partial charge in [-0.15, -0.1) is 0 Å². The molecule has 214 valence electrons. The van der Waals surface area contributed by atoms with Gasteiger partial charge < -0.3 is 25.2 Å². The van der Waals surface area contributed by atoms with E-state index in [4.69, 9.17) is 16.3 Å². The molecule has 1 unspecified atom stereocenters. The Bertz CT molecular complexity index is 1450. The predicted octanol–water partition coefficient (Wildman–Crippen LogP) is 5.26. The van der Waals surface area contributed by atoms with E-state index >= 15 is 0 Å². The molecule has 8 nitrogen and oxygen atoms in total. The number of nitrogens with one attached hydrogen (secondary N) is 2. The summed E-state index contributed by atoms with van der Waals surface area (Å²) in [6.45, 7) is 5.41. The third kappa shape index (κ3) is 6.39. The molecule has 2 aliphatic rings. The van der Waals surface area contributed by atoms with Crippen LogP contribution in [0.1, 0.15) is 57.0 Å². The second-order valence-electron chi connectivity index (χ2n) is 10.5. The Balaban J connectivity index is 1.39. The second-order valence-corrected chi connectivity index (χ2v) is 11.0. The summed E-state index contributed by atoms with van der Waals surface area (Å²) in [6, 6.07) is 18.0. The Morgan fingerprint density at radius 3 is 2.54 bits per heavy atom. The Kier molecular flexibility index (Phi) is 8.90. The number of anilines is 2. The summed E-state index contributed by atoms with van der Waals surface area (Å²) in [7, 11) is 1.51. The number of aryl methyl sites for hydroxylation is 1. The van der Waals surface area contributed by atoms with Crippen LogP contribution in [0.2, 0.25) is 5.02 Å². The molecular weight excluding hydrogens is 540 g/mol. The first-order chi connectivity index (χ1) is 19.9. The van der Waals surface area contributed by atoms with E-state index in [2.05, 4.69) is 10.6 Å². The van der Waals surface area contributed by atoms with Crippen LogP contribution >= 0.6 is 11.6 Å². The number of hydrogen-bond donors (Lipinski definition) is 2. The Labute approximate surface area is 245 Å². The van der Waals surface area contributed by atoms with Gasteiger partial charge in [-0.1, -0.05) is 29.8 Å². The highest BCUT2D eigenvalue weighted by Gasteiger charge is 2.31. The van der Waals surface area contributed by atoms with Crippen molar-refractivity contribution in [3.63, 3.8) is 0 Å². The van der Waals surface area contributed by atoms with Gasteiger partial charge in [0, 0.05) is 67.2 Å². The van der Waals surface area contributed by atoms with Gasteiger partial charge in [0.1, 0.15) is 5.75 Å². The van der Waals surface area contributed by atoms with Crippen molar-refractivity contribution in [2.24, 2.45) is 0 Å². The fourth-order valence-electron chi connectivity index (χ4n) is 5.66. The van der Waals surface area contributed by atoms with E-state index in [0.29, 0.717) is 53.6 Å². The number of halogens is 1. The van der Waals surface area contributed by atoms with Gasteiger partial charge in [0.15, 0.2) is 0 Å². The van der Waals surface area contributed by atoms with Gasteiger partial charge >= 0.3 is 0 Å². The van der Waals surface area contributed by atoms with E-state index in [1.54, 1.807) is 35.2 Å². The van der Waals surface area contributed by atoms with Crippen molar-refractivity contribution in [3.8, 4) is 5.75 Å². The number of carbonyl (C=O) groups is 3. The topological polar surface area (TPSA) is 91.0 Å². The number of amides is 3. The lowest BCUT2D eigenvalue weighted by Gasteiger charge is -2.29. The highest BCUT2D eigenvalue weighted by molar-refractivity contribution is 6.30. The van der Waals surface area contributed by atoms with Crippen molar-refractivity contribution in [1.29, 1.82) is 0 Å². The third-order valence-corrected chi connectivity index (χ3v) is 8.10. The molecule has 0 saturated carbocycles. The summed E-state index contributed by atoms with van der Waals surface area (Å²) in [6.07, 6.45) is 1.90. The summed E-state index contributed by atoms with van der Waals surface area (Å²) in [5.74, 6) is 0.0139. The fourth-order valence-corrected chi connectivity index (χ4v) is 5.84. The van der Waals surface area contributed by atoms with Crippen LogP contribution in [0.5, 0.6) is 5.75 Å². The third-order valence-electron chi connectivity index (χ3n) is 7.87. The number of nitrogens with zero attached hydrogens (tertiary/aromatic N) is 2. The number of fused-ring (bicyclic) bond motifs is 1. The minimum Gasteiger partial charge on any atom is -0.496 e. The zero-order chi connectivity index (χ0) is 28.9. The lowest BCUT2D eigenvalue weighted by atomic mass is 9.90. The van der Waals surface area contributed by atoms with E-state index in [1.165, 1.54) is 7.11 Å². The van der Waals surface area contributed by atoms with E-state index in [9.17, 15) is 14.4 Å². The Morgan fingerprint density at radius 2 is 1.78 bits per heavy atom. The molecular formula is C32H35ClN4O4. The minimum atomic E-state index is -0.232. The maximum Gasteiger partial charge on any atom is 0.262 e. The predicted molar refractivity (Wildman–Crippen MR) is 161 cm³/mol. The highest BCUT2D eigenvalue weighted by atomic mass is 35.5. The van der Waals surface area contributed by atoms with Crippen LogP contribution in [0.15, 0.2) is 60.7 Å². The molecule has 9 heteroatoms. The quantitative estimate of drug-likeness (QED) is 0.419. The molecule has 2 N–H and O–H groups in total. The molecule has 0 aliphatic carbocycles. The fraction of sp³-hybridized carbons (Fsp3) is 0.344. The largest absolute Gasteiger partial charge is 0.496 e. The first kappa shape index (κ1) is 28.6. The molecule has 1 saturated heterocycles. The van der Waals surface area contributed by atoms with Crippen LogP contribution < -0.4 is 20.3 Å². The average molecular weight is 575 g/mol. The van der Waals surface area contributed by atoms with E-state index in [-0.39, 0.29) is 23.6 Å². The molecule has 1 atom stereocenters. The molecule has 41 heavy (non-hydrogen) atoms. The van der Waals surface area contributed by atoms with Crippen LogP contribution in [0, 0.1) is 6.92 Å². The van der Waals surface area contributed by atoms with Gasteiger partial charge in [0.2, 0.25) is 5.91 Å². The Hall–Kier alpha value is -3.88. The monoisotopic (exact) mass is 574 g/mol. The summed E-state index contributed by atoms with van der Waals surface area (Å²) in [5, 5.41) is 6.76. The van der Waals surface area contributed by atoms with Gasteiger partial charge in [-0.25, -0.2) is 0 Å². The minimum absolute atomic E-state index is 0.0372. The SMILES string of the molecule is COc1cc(NC(=O)c2ccccc2C)ccc1C(=O)N1CCCC(CC(=O)N2CCNCC2)c2cc(Cl)ccc21. The normalized spacial score (nSPS) is 16.9. The standard InChI is InChI=1S/C32H35ClN4O4/c1-21-6-3-4-8-25(21)31(39)35-24-10-11-26(29(20-24)41-2)32(40)37-15-5-7-22(27-19-23(33)9-12-28(27)37)18-30(38)36-16-13-34-14-17-36/h3-4,6,8-12,19-20,22,34H,5,7,13-18H2,1-2H3,(H,35,39). The van der Waals surface area contributed by atoms with Gasteiger partial charge in [0.25, 0.3) is 11.8 Å². The zero-order valence-electron chi connectivity index (χ0n) is 23.4. The zero-order valence-corrected chi connectivity index (χ0v) is 24.2. The maximum atomic E-state index is 14.0. The number of hydrogen-bond acceptors (Lipinski definition) is 5. The average Bonchev–Trinajstić information content (AvgIpc) is 3.16. The number of rotatable bonds is 6. The molecule has 0 spiro atoms. The van der Waals surface area contributed by atoms with E-state index < -0.39 is 0 Å². The molecule has 0 aromatic heterocycles. The van der Waals surface area contributed by atoms with Crippen LogP contribution in [0.25, 0.3) is 0 Å². The number of ether oxygens (including phenoxy) is 1. The summed E-state index contributed by atoms with van der Waals surface area (Å²) >= 11 is 6.42. The summed E-state index contributed by atoms with van der Waals surface area (Å²) < 4.78 is 5.61. The second kappa shape index (κ2) is 12.7. The van der Waals surface area contributed by atoms with Gasteiger partial charge in [0.05, 0.1) is 12.7 Å². The smallest absolute Gasteiger partial charge is 0.262 e. The molecule has 0 radical (unpaired) electrons. The van der Waals surface area contributed by atoms with Gasteiger partial charge in [-0.3, -0.25) is 14.4 Å². The van der Waals surface area contributed by atoms with E-state index in [0.717, 1.165) is 42.7 Å². The molecule has 3 aromatic carbocycles. The van der Waals surface area contributed by atoms with Gasteiger partial charge in [-0.05, 0) is 73.2 Å². The van der Waals surface area contributed by atoms with Crippen molar-refractivity contribution in [2.45, 2.75) is 32.1 Å². The van der Waals surface area contributed by atoms with Crippen molar-refractivity contribution >= 4 is 40.7 Å². The van der Waals surface area contributed by atoms with Crippen molar-refractivity contribution < 1.29 is 19.1 Å². The van der Waals surface area contributed by atoms with Crippen molar-refractivity contribution in [3.05, 3.63) is 87.9 Å². The van der Waals surface area contributed by atoms with Crippen molar-refractivity contribution in [2.75, 3.05) is 50.1 Å². The molecule has 0 bridgehead atoms. The Morgan fingerprint density at radius 1 is 1.00 bits per heavy atom. The molecule has 3 aromatic rings. The first-order valence-corrected chi connectivity index (χ1v) is 14.4. The molecule has 5 rings (SSSR count). The van der Waals surface area contributed by atoms with Gasteiger partial charge in [-0.2, -0.15) is 0 Å². The number of carbonyl (C=O) groups excluding carboxylic acids is 3. The molecule has 2 heterocycles. The lowest BCUT2D eigenvalue weighted by molar-refractivity contribution is -0.132. The summed E-state index contributed by atoms with van der Waals surface area (Å²) in [5.41, 5.74) is 4.04.